The average molecular weight is 211 g/mol. The van der Waals surface area contributed by atoms with Crippen LogP contribution in [0, 0.1) is 11.8 Å². The highest BCUT2D eigenvalue weighted by Gasteiger charge is 2.32. The van der Waals surface area contributed by atoms with Crippen LogP contribution in [0.15, 0.2) is 0 Å². The standard InChI is InChI=1S/C10H17N3O2/c11-9(14)7-1-3-13(4-2-7)10(15)8-5-12-6-8/h7-8,12H,1-6H2,(H2,11,14). The van der Waals surface area contributed by atoms with Gasteiger partial charge in [-0.2, -0.15) is 0 Å². The van der Waals surface area contributed by atoms with Gasteiger partial charge in [-0.3, -0.25) is 9.59 Å². The molecule has 0 aromatic carbocycles. The van der Waals surface area contributed by atoms with Crippen molar-refractivity contribution < 1.29 is 9.59 Å². The monoisotopic (exact) mass is 211 g/mol. The maximum absolute atomic E-state index is 11.8. The van der Waals surface area contributed by atoms with E-state index in [0.29, 0.717) is 13.1 Å². The molecule has 0 aromatic heterocycles. The molecule has 2 amide bonds. The lowest BCUT2D eigenvalue weighted by molar-refractivity contribution is -0.140. The number of piperidine rings is 1. The highest BCUT2D eigenvalue weighted by Crippen LogP contribution is 2.19. The lowest BCUT2D eigenvalue weighted by Gasteiger charge is -2.36. The van der Waals surface area contributed by atoms with E-state index in [-0.39, 0.29) is 23.7 Å². The fourth-order valence-corrected chi connectivity index (χ4v) is 2.11. The molecule has 0 bridgehead atoms. The van der Waals surface area contributed by atoms with Crippen molar-refractivity contribution in [2.45, 2.75) is 12.8 Å². The number of nitrogens with one attached hydrogen (secondary N) is 1. The van der Waals surface area contributed by atoms with E-state index in [1.54, 1.807) is 0 Å². The lowest BCUT2D eigenvalue weighted by atomic mass is 9.94. The number of rotatable bonds is 2. The summed E-state index contributed by atoms with van der Waals surface area (Å²) in [5.41, 5.74) is 5.23. The summed E-state index contributed by atoms with van der Waals surface area (Å²) in [6, 6.07) is 0. The first-order chi connectivity index (χ1) is 7.18. The zero-order chi connectivity index (χ0) is 10.8. The maximum Gasteiger partial charge on any atom is 0.228 e. The third-order valence-corrected chi connectivity index (χ3v) is 3.34. The first-order valence-corrected chi connectivity index (χ1v) is 5.47. The number of amides is 2. The van der Waals surface area contributed by atoms with E-state index in [9.17, 15) is 9.59 Å². The first-order valence-electron chi connectivity index (χ1n) is 5.47. The van der Waals surface area contributed by atoms with Crippen LogP contribution in [0.1, 0.15) is 12.8 Å². The van der Waals surface area contributed by atoms with Gasteiger partial charge in [0, 0.05) is 32.1 Å². The number of nitrogens with two attached hydrogens (primary N) is 1. The van der Waals surface area contributed by atoms with Crippen LogP contribution >= 0.6 is 0 Å². The quantitative estimate of drug-likeness (QED) is 0.610. The summed E-state index contributed by atoms with van der Waals surface area (Å²) in [5, 5.41) is 3.09. The van der Waals surface area contributed by atoms with Crippen LogP contribution in [-0.2, 0) is 9.59 Å². The Bertz CT molecular complexity index is 268. The minimum absolute atomic E-state index is 0.0337. The van der Waals surface area contributed by atoms with E-state index >= 15 is 0 Å². The Labute approximate surface area is 89.0 Å². The van der Waals surface area contributed by atoms with Crippen LogP contribution < -0.4 is 11.1 Å². The van der Waals surface area contributed by atoms with Crippen LogP contribution in [0.25, 0.3) is 0 Å². The van der Waals surface area contributed by atoms with Crippen LogP contribution in [0.2, 0.25) is 0 Å². The average Bonchev–Trinajstić information content (AvgIpc) is 2.15. The summed E-state index contributed by atoms with van der Waals surface area (Å²) in [7, 11) is 0. The molecule has 2 saturated heterocycles. The van der Waals surface area contributed by atoms with Crippen molar-refractivity contribution in [1.29, 1.82) is 0 Å². The zero-order valence-corrected chi connectivity index (χ0v) is 8.74. The third kappa shape index (κ3) is 2.12. The van der Waals surface area contributed by atoms with E-state index in [4.69, 9.17) is 5.73 Å². The van der Waals surface area contributed by atoms with Gasteiger partial charge in [0.1, 0.15) is 0 Å². The number of likely N-dealkylation sites (tertiary alicyclic amines) is 1. The Hall–Kier alpha value is -1.10. The molecule has 5 heteroatoms. The minimum atomic E-state index is -0.229. The summed E-state index contributed by atoms with van der Waals surface area (Å²) < 4.78 is 0. The second-order valence-corrected chi connectivity index (χ2v) is 4.36. The molecule has 0 unspecified atom stereocenters. The van der Waals surface area contributed by atoms with Crippen LogP contribution in [0.4, 0.5) is 0 Å². The number of hydrogen-bond donors (Lipinski definition) is 2. The normalized spacial score (nSPS) is 23.6. The van der Waals surface area contributed by atoms with Crippen molar-refractivity contribution in [3.63, 3.8) is 0 Å². The molecule has 0 aliphatic carbocycles. The molecule has 0 radical (unpaired) electrons. The number of carbonyl (C=O) groups excluding carboxylic acids is 2. The Balaban J connectivity index is 1.82. The SMILES string of the molecule is NC(=O)C1CCN(C(=O)C2CNC2)CC1. The predicted molar refractivity (Wildman–Crippen MR) is 54.9 cm³/mol. The van der Waals surface area contributed by atoms with Gasteiger partial charge < -0.3 is 16.0 Å². The van der Waals surface area contributed by atoms with Crippen molar-refractivity contribution >= 4 is 11.8 Å². The molecule has 2 aliphatic heterocycles. The van der Waals surface area contributed by atoms with Gasteiger partial charge in [0.15, 0.2) is 0 Å². The van der Waals surface area contributed by atoms with Gasteiger partial charge in [0.25, 0.3) is 0 Å². The van der Waals surface area contributed by atoms with E-state index in [1.165, 1.54) is 0 Å². The second kappa shape index (κ2) is 4.18. The van der Waals surface area contributed by atoms with Crippen LogP contribution in [-0.4, -0.2) is 42.9 Å². The topological polar surface area (TPSA) is 75.4 Å². The highest BCUT2D eigenvalue weighted by molar-refractivity contribution is 5.81. The summed E-state index contributed by atoms with van der Waals surface area (Å²) in [5.74, 6) is 0.132. The van der Waals surface area contributed by atoms with E-state index < -0.39 is 0 Å². The molecule has 0 atom stereocenters. The van der Waals surface area contributed by atoms with Crippen molar-refractivity contribution in [3.8, 4) is 0 Å². The number of carbonyl (C=O) groups is 2. The minimum Gasteiger partial charge on any atom is -0.369 e. The van der Waals surface area contributed by atoms with Crippen LogP contribution in [0.3, 0.4) is 0 Å². The van der Waals surface area contributed by atoms with Gasteiger partial charge >= 0.3 is 0 Å². The molecular weight excluding hydrogens is 194 g/mol. The van der Waals surface area contributed by atoms with Gasteiger partial charge in [-0.15, -0.1) is 0 Å². The van der Waals surface area contributed by atoms with E-state index in [2.05, 4.69) is 5.32 Å². The molecule has 5 nitrogen and oxygen atoms in total. The Morgan fingerprint density at radius 3 is 2.13 bits per heavy atom. The number of hydrogen-bond acceptors (Lipinski definition) is 3. The molecule has 2 fully saturated rings. The van der Waals surface area contributed by atoms with Crippen molar-refractivity contribution in [1.82, 2.24) is 10.2 Å². The van der Waals surface area contributed by atoms with E-state index in [1.807, 2.05) is 4.90 Å². The molecule has 15 heavy (non-hydrogen) atoms. The zero-order valence-electron chi connectivity index (χ0n) is 8.74. The summed E-state index contributed by atoms with van der Waals surface area (Å²) in [4.78, 5) is 24.6. The molecule has 3 N–H and O–H groups in total. The van der Waals surface area contributed by atoms with Gasteiger partial charge in [-0.1, -0.05) is 0 Å². The molecule has 84 valence electrons. The highest BCUT2D eigenvalue weighted by atomic mass is 16.2. The molecule has 2 aliphatic rings. The Kier molecular flexibility index (Phi) is 2.90. The molecule has 0 saturated carbocycles. The predicted octanol–water partition coefficient (Wildman–Crippen LogP) is -1.07. The van der Waals surface area contributed by atoms with Crippen LogP contribution in [0.5, 0.6) is 0 Å². The van der Waals surface area contributed by atoms with Gasteiger partial charge in [0.2, 0.25) is 11.8 Å². The smallest absolute Gasteiger partial charge is 0.228 e. The maximum atomic E-state index is 11.8. The molecule has 2 rings (SSSR count). The third-order valence-electron chi connectivity index (χ3n) is 3.34. The second-order valence-electron chi connectivity index (χ2n) is 4.36. The van der Waals surface area contributed by atoms with E-state index in [0.717, 1.165) is 25.9 Å². The fraction of sp³-hybridized carbons (Fsp3) is 0.800. The van der Waals surface area contributed by atoms with Crippen molar-refractivity contribution in [2.75, 3.05) is 26.2 Å². The molecular formula is C10H17N3O2. The van der Waals surface area contributed by atoms with Gasteiger partial charge in [-0.25, -0.2) is 0 Å². The summed E-state index contributed by atoms with van der Waals surface area (Å²) in [6.07, 6.45) is 1.45. The Morgan fingerprint density at radius 2 is 1.73 bits per heavy atom. The first kappa shape index (κ1) is 10.4. The number of nitrogens with zero attached hydrogens (tertiary/aromatic N) is 1. The van der Waals surface area contributed by atoms with Gasteiger partial charge in [0.05, 0.1) is 5.92 Å². The van der Waals surface area contributed by atoms with Crippen molar-refractivity contribution in [2.24, 2.45) is 17.6 Å². The molecule has 2 heterocycles. The van der Waals surface area contributed by atoms with Gasteiger partial charge in [-0.05, 0) is 12.8 Å². The summed E-state index contributed by atoms with van der Waals surface area (Å²) in [6.45, 7) is 2.97. The molecule has 0 aromatic rings. The lowest BCUT2D eigenvalue weighted by Crippen LogP contribution is -2.53. The Morgan fingerprint density at radius 1 is 1.13 bits per heavy atom. The van der Waals surface area contributed by atoms with Crippen molar-refractivity contribution in [3.05, 3.63) is 0 Å². The molecule has 0 spiro atoms. The number of primary amides is 1. The fourth-order valence-electron chi connectivity index (χ4n) is 2.11. The summed E-state index contributed by atoms with van der Waals surface area (Å²) >= 11 is 0. The largest absolute Gasteiger partial charge is 0.369 e.